The third kappa shape index (κ3) is 12.7. The van der Waals surface area contributed by atoms with E-state index in [-0.39, 0.29) is 57.1 Å². The minimum atomic E-state index is -1.46. The molecule has 376 valence electrons. The number of hydrogen-bond donors (Lipinski definition) is 2. The Labute approximate surface area is 415 Å². The molecule has 0 saturated heterocycles. The predicted molar refractivity (Wildman–Crippen MR) is 277 cm³/mol. The molecule has 0 aromatic heterocycles. The van der Waals surface area contributed by atoms with Gasteiger partial charge in [-0.3, -0.25) is 9.69 Å². The number of allylic oxidation sites excluding steroid dienone is 1. The van der Waals surface area contributed by atoms with Gasteiger partial charge < -0.3 is 34.0 Å². The Bertz CT molecular complexity index is 2370. The van der Waals surface area contributed by atoms with Gasteiger partial charge in [0.2, 0.25) is 5.79 Å². The number of rotatable bonds is 29. The smallest absolute Gasteiger partial charge is 0.410 e. The standard InChI is InChI=1S/C59H76N2O9/c1-4-6-7-8-9-10-11-12-13-20-36-67-58(65)61(41-46-27-22-26-44-24-14-15-29-49(44)46)55-40-53(60-66-3)51-38-45(25-16-18-33-62)50(30-17-19-34-63)56-52-39-48(69-47-28-21-23-43(37-47)42-64)31-32-54(52)70-59(55,57(51)56)68-35-5-2/h5,14-15,21-24,26-29,31-32,37-39,42,45,50,55-57,62-63H,2,4,6-13,16-20,25,30,33-36,40-41H2,1,3H3/t45-,50+,55-,56+,57+,59+/m0/s1. The molecule has 1 heterocycles. The highest BCUT2D eigenvalue weighted by atomic mass is 16.7. The number of carbonyl (C=O) groups is 2. The molecule has 4 aromatic rings. The van der Waals surface area contributed by atoms with Crippen LogP contribution in [-0.2, 0) is 20.9 Å². The van der Waals surface area contributed by atoms with Crippen LogP contribution in [0.2, 0.25) is 0 Å². The molecule has 1 amide bonds. The Morgan fingerprint density at radius 3 is 2.30 bits per heavy atom. The van der Waals surface area contributed by atoms with Crippen molar-refractivity contribution in [2.45, 2.75) is 140 Å². The molecule has 6 atom stereocenters. The van der Waals surface area contributed by atoms with E-state index in [1.54, 1.807) is 31.4 Å². The van der Waals surface area contributed by atoms with E-state index in [0.717, 1.165) is 78.7 Å². The zero-order chi connectivity index (χ0) is 49.1. The number of benzene rings is 4. The molecule has 0 spiro atoms. The number of carbonyl (C=O) groups excluding carboxylic acids is 2. The van der Waals surface area contributed by atoms with Gasteiger partial charge in [-0.25, -0.2) is 4.79 Å². The zero-order valence-corrected chi connectivity index (χ0v) is 41.6. The summed E-state index contributed by atoms with van der Waals surface area (Å²) in [5, 5.41) is 26.9. The quantitative estimate of drug-likeness (QED) is 0.0236. The molecule has 4 aromatic carbocycles. The van der Waals surface area contributed by atoms with Crippen molar-refractivity contribution in [1.29, 1.82) is 0 Å². The first kappa shape index (κ1) is 52.3. The third-order valence-corrected chi connectivity index (χ3v) is 14.6. The van der Waals surface area contributed by atoms with Gasteiger partial charge in [0, 0.05) is 36.7 Å². The Kier molecular flexibility index (Phi) is 19.9. The number of amides is 1. The molecule has 1 saturated carbocycles. The number of hydrogen-bond acceptors (Lipinski definition) is 10. The van der Waals surface area contributed by atoms with Gasteiger partial charge in [-0.1, -0.05) is 149 Å². The van der Waals surface area contributed by atoms with Crippen molar-refractivity contribution in [3.63, 3.8) is 0 Å². The molecular formula is C59H76N2O9. The van der Waals surface area contributed by atoms with Gasteiger partial charge in [0.15, 0.2) is 0 Å². The topological polar surface area (TPSA) is 136 Å². The maximum atomic E-state index is 15.2. The Morgan fingerprint density at radius 1 is 0.843 bits per heavy atom. The summed E-state index contributed by atoms with van der Waals surface area (Å²) in [5.74, 6) is -0.391. The minimum absolute atomic E-state index is 0.0272. The Balaban J connectivity index is 1.33. The van der Waals surface area contributed by atoms with Crippen LogP contribution in [0, 0.1) is 17.8 Å². The number of nitrogens with zero attached hydrogens (tertiary/aromatic N) is 2. The molecular weight excluding hydrogens is 881 g/mol. The van der Waals surface area contributed by atoms with E-state index in [1.165, 1.54) is 44.9 Å². The molecule has 11 heteroatoms. The summed E-state index contributed by atoms with van der Waals surface area (Å²) < 4.78 is 27.5. The van der Waals surface area contributed by atoms with E-state index in [4.69, 9.17) is 28.9 Å². The van der Waals surface area contributed by atoms with Crippen molar-refractivity contribution in [2.24, 2.45) is 22.9 Å². The largest absolute Gasteiger partial charge is 0.459 e. The lowest BCUT2D eigenvalue weighted by Crippen LogP contribution is -2.70. The summed E-state index contributed by atoms with van der Waals surface area (Å²) in [6.07, 6.45) is 20.9. The summed E-state index contributed by atoms with van der Waals surface area (Å²) in [6, 6.07) is 26.6. The molecule has 1 aliphatic heterocycles. The average molecular weight is 957 g/mol. The second-order valence-corrected chi connectivity index (χ2v) is 19.3. The molecule has 2 N–H and O–H groups in total. The summed E-state index contributed by atoms with van der Waals surface area (Å²) >= 11 is 0. The SMILES string of the molecule is C=CCO[C@@]12Oc3ccc(Oc4cccc(C=O)c4)cc3[C@H]3[C@H](CCCCO)[C@@H](CCCCO)C=C(C(=NOC)C[C@@H]1N(Cc1cccc4ccccc14)C(=O)OCCCCCCCCCCCC)[C@H]32. The lowest BCUT2D eigenvalue weighted by atomic mass is 9.55. The highest BCUT2D eigenvalue weighted by Crippen LogP contribution is 2.62. The second-order valence-electron chi connectivity index (χ2n) is 19.3. The van der Waals surface area contributed by atoms with Gasteiger partial charge in [-0.05, 0) is 96.2 Å². The number of unbranched alkanes of at least 4 members (excludes halogenated alkanes) is 11. The zero-order valence-electron chi connectivity index (χ0n) is 41.6. The molecule has 11 nitrogen and oxygen atoms in total. The molecule has 0 unspecified atom stereocenters. The van der Waals surface area contributed by atoms with Crippen LogP contribution < -0.4 is 9.47 Å². The van der Waals surface area contributed by atoms with Gasteiger partial charge in [0.1, 0.15) is 36.7 Å². The van der Waals surface area contributed by atoms with Crippen LogP contribution in [0.3, 0.4) is 0 Å². The van der Waals surface area contributed by atoms with Crippen molar-refractivity contribution in [3.8, 4) is 17.2 Å². The van der Waals surface area contributed by atoms with Crippen molar-refractivity contribution in [1.82, 2.24) is 4.90 Å². The number of aldehydes is 1. The number of fused-ring (bicyclic) bond motifs is 3. The van der Waals surface area contributed by atoms with Crippen molar-refractivity contribution >= 4 is 28.9 Å². The van der Waals surface area contributed by atoms with E-state index in [1.807, 2.05) is 47.4 Å². The van der Waals surface area contributed by atoms with Crippen LogP contribution in [0.4, 0.5) is 4.79 Å². The maximum absolute atomic E-state index is 15.2. The van der Waals surface area contributed by atoms with Crippen LogP contribution in [-0.4, -0.2) is 78.6 Å². The molecule has 0 bridgehead atoms. The Morgan fingerprint density at radius 2 is 1.56 bits per heavy atom. The lowest BCUT2D eigenvalue weighted by molar-refractivity contribution is -0.256. The Hall–Kier alpha value is -5.49. The number of ether oxygens (including phenoxy) is 4. The van der Waals surface area contributed by atoms with Crippen molar-refractivity contribution in [3.05, 3.63) is 126 Å². The number of aliphatic hydroxyl groups is 2. The fourth-order valence-electron chi connectivity index (χ4n) is 11.4. The second kappa shape index (κ2) is 26.6. The monoisotopic (exact) mass is 957 g/mol. The van der Waals surface area contributed by atoms with E-state index in [2.05, 4.69) is 43.8 Å². The van der Waals surface area contributed by atoms with Gasteiger partial charge in [0.05, 0.1) is 31.4 Å². The van der Waals surface area contributed by atoms with Crippen LogP contribution in [0.5, 0.6) is 17.2 Å². The molecule has 0 radical (unpaired) electrons. The first-order chi connectivity index (χ1) is 34.4. The fourth-order valence-corrected chi connectivity index (χ4v) is 11.4. The van der Waals surface area contributed by atoms with Gasteiger partial charge >= 0.3 is 6.09 Å². The maximum Gasteiger partial charge on any atom is 0.410 e. The van der Waals surface area contributed by atoms with Crippen LogP contribution >= 0.6 is 0 Å². The van der Waals surface area contributed by atoms with Gasteiger partial charge in [0.25, 0.3) is 0 Å². The van der Waals surface area contributed by atoms with E-state index < -0.39 is 23.8 Å². The van der Waals surface area contributed by atoms with E-state index in [9.17, 15) is 15.0 Å². The molecule has 3 aliphatic rings. The summed E-state index contributed by atoms with van der Waals surface area (Å²) in [7, 11) is 1.56. The van der Waals surface area contributed by atoms with E-state index in [0.29, 0.717) is 41.4 Å². The molecule has 1 fully saturated rings. The van der Waals surface area contributed by atoms with E-state index >= 15 is 4.79 Å². The molecule has 7 rings (SSSR count). The van der Waals surface area contributed by atoms with Crippen LogP contribution in [0.1, 0.15) is 143 Å². The summed E-state index contributed by atoms with van der Waals surface area (Å²) in [5.41, 5.74) is 4.05. The minimum Gasteiger partial charge on any atom is -0.459 e. The third-order valence-electron chi connectivity index (χ3n) is 14.6. The summed E-state index contributed by atoms with van der Waals surface area (Å²) in [4.78, 5) is 34.5. The first-order valence-corrected chi connectivity index (χ1v) is 26.1. The number of aliphatic hydroxyl groups excluding tert-OH is 2. The number of oxime groups is 1. The van der Waals surface area contributed by atoms with Crippen LogP contribution in [0.15, 0.2) is 114 Å². The highest BCUT2D eigenvalue weighted by molar-refractivity contribution is 6.03. The first-order valence-electron chi connectivity index (χ1n) is 26.1. The molecule has 70 heavy (non-hydrogen) atoms. The van der Waals surface area contributed by atoms with Crippen molar-refractivity contribution < 1.29 is 43.6 Å². The molecule has 2 aliphatic carbocycles. The van der Waals surface area contributed by atoms with Crippen molar-refractivity contribution in [2.75, 3.05) is 33.5 Å². The average Bonchev–Trinajstić information content (AvgIpc) is 3.38. The fraction of sp³-hybridized carbons (Fsp3) is 0.508. The lowest BCUT2D eigenvalue weighted by Gasteiger charge is -2.59. The van der Waals surface area contributed by atoms with Gasteiger partial charge in [-0.15, -0.1) is 6.58 Å². The highest BCUT2D eigenvalue weighted by Gasteiger charge is 2.65. The van der Waals surface area contributed by atoms with Crippen LogP contribution in [0.25, 0.3) is 10.8 Å². The summed E-state index contributed by atoms with van der Waals surface area (Å²) in [6.45, 7) is 7.17. The normalized spacial score (nSPS) is 21.8. The van der Waals surface area contributed by atoms with Gasteiger partial charge in [-0.2, -0.15) is 0 Å². The predicted octanol–water partition coefficient (Wildman–Crippen LogP) is 13.3.